The quantitative estimate of drug-likeness (QED) is 0.778. The highest BCUT2D eigenvalue weighted by molar-refractivity contribution is 7.92. The SMILES string of the molecule is CC(=O)c1ccc(NS(=O)(=O)c2c(C(=O)N3CCCC3)c(C)n(C)c2C)cc1. The van der Waals surface area contributed by atoms with Gasteiger partial charge in [-0.2, -0.15) is 0 Å². The van der Waals surface area contributed by atoms with Crippen molar-refractivity contribution in [2.75, 3.05) is 17.8 Å². The van der Waals surface area contributed by atoms with Gasteiger partial charge in [-0.3, -0.25) is 14.3 Å². The molecule has 0 aliphatic carbocycles. The minimum atomic E-state index is -3.99. The standard InChI is InChI=1S/C20H25N3O4S/c1-13-18(20(25)23-11-5-6-12-23)19(14(2)22(13)4)28(26,27)21-17-9-7-16(8-10-17)15(3)24/h7-10,21H,5-6,11-12H2,1-4H3. The maximum absolute atomic E-state index is 13.2. The van der Waals surface area contributed by atoms with Crippen molar-refractivity contribution in [3.05, 3.63) is 46.8 Å². The number of sulfonamides is 1. The van der Waals surface area contributed by atoms with Gasteiger partial charge in [-0.1, -0.05) is 0 Å². The molecule has 3 rings (SSSR count). The van der Waals surface area contributed by atoms with E-state index >= 15 is 0 Å². The first-order chi connectivity index (χ1) is 13.1. The maximum atomic E-state index is 13.2. The second-order valence-corrected chi connectivity index (χ2v) is 8.79. The predicted octanol–water partition coefficient (Wildman–Crippen LogP) is 2.88. The minimum absolute atomic E-state index is 0.0139. The number of nitrogens with one attached hydrogen (secondary N) is 1. The average molecular weight is 404 g/mol. The highest BCUT2D eigenvalue weighted by atomic mass is 32.2. The summed E-state index contributed by atoms with van der Waals surface area (Å²) in [7, 11) is -2.23. The van der Waals surface area contributed by atoms with Crippen molar-refractivity contribution < 1.29 is 18.0 Å². The molecule has 0 atom stereocenters. The third-order valence-corrected chi connectivity index (χ3v) is 6.88. The number of likely N-dealkylation sites (tertiary alicyclic amines) is 1. The predicted molar refractivity (Wildman–Crippen MR) is 107 cm³/mol. The van der Waals surface area contributed by atoms with Gasteiger partial charge in [0.25, 0.3) is 15.9 Å². The van der Waals surface area contributed by atoms with Gasteiger partial charge in [-0.25, -0.2) is 8.42 Å². The molecule has 150 valence electrons. The van der Waals surface area contributed by atoms with Crippen LogP contribution in [0, 0.1) is 13.8 Å². The molecule has 8 heteroatoms. The summed E-state index contributed by atoms with van der Waals surface area (Å²) in [6, 6.07) is 6.22. The lowest BCUT2D eigenvalue weighted by molar-refractivity contribution is 0.0788. The zero-order valence-corrected chi connectivity index (χ0v) is 17.4. The lowest BCUT2D eigenvalue weighted by atomic mass is 10.1. The summed E-state index contributed by atoms with van der Waals surface area (Å²) in [6.07, 6.45) is 1.86. The Morgan fingerprint density at radius 1 is 1.00 bits per heavy atom. The molecule has 1 aromatic carbocycles. The number of aromatic nitrogens is 1. The fourth-order valence-corrected chi connectivity index (χ4v) is 5.13. The van der Waals surface area contributed by atoms with Crippen molar-refractivity contribution in [2.45, 2.75) is 38.5 Å². The van der Waals surface area contributed by atoms with Crippen LogP contribution in [0.5, 0.6) is 0 Å². The summed E-state index contributed by atoms with van der Waals surface area (Å²) in [5.41, 5.74) is 2.20. The first-order valence-corrected chi connectivity index (χ1v) is 10.7. The van der Waals surface area contributed by atoms with Crippen molar-refractivity contribution >= 4 is 27.4 Å². The zero-order chi connectivity index (χ0) is 20.6. The van der Waals surface area contributed by atoms with Gasteiger partial charge in [0.1, 0.15) is 4.90 Å². The van der Waals surface area contributed by atoms with Crippen LogP contribution in [-0.2, 0) is 17.1 Å². The van der Waals surface area contributed by atoms with Gasteiger partial charge in [0, 0.05) is 42.8 Å². The summed E-state index contributed by atoms with van der Waals surface area (Å²) in [5, 5.41) is 0. The van der Waals surface area contributed by atoms with Gasteiger partial charge in [0.2, 0.25) is 0 Å². The van der Waals surface area contributed by atoms with E-state index in [9.17, 15) is 18.0 Å². The van der Waals surface area contributed by atoms with Crippen molar-refractivity contribution in [3.63, 3.8) is 0 Å². The molecule has 1 aliphatic heterocycles. The molecule has 0 radical (unpaired) electrons. The van der Waals surface area contributed by atoms with E-state index < -0.39 is 10.0 Å². The molecule has 1 saturated heterocycles. The van der Waals surface area contributed by atoms with E-state index in [4.69, 9.17) is 0 Å². The fourth-order valence-electron chi connectivity index (χ4n) is 3.55. The Kier molecular flexibility index (Phi) is 5.34. The highest BCUT2D eigenvalue weighted by Gasteiger charge is 2.33. The number of nitrogens with zero attached hydrogens (tertiary/aromatic N) is 2. The molecule has 1 amide bonds. The van der Waals surface area contributed by atoms with Gasteiger partial charge in [-0.15, -0.1) is 0 Å². The number of carbonyl (C=O) groups excluding carboxylic acids is 2. The van der Waals surface area contributed by atoms with Crippen LogP contribution < -0.4 is 4.72 Å². The van der Waals surface area contributed by atoms with E-state index in [2.05, 4.69) is 4.72 Å². The Morgan fingerprint density at radius 2 is 1.57 bits per heavy atom. The third-order valence-electron chi connectivity index (χ3n) is 5.34. The molecule has 0 spiro atoms. The largest absolute Gasteiger partial charge is 0.350 e. The highest BCUT2D eigenvalue weighted by Crippen LogP contribution is 2.30. The van der Waals surface area contributed by atoms with Crippen LogP contribution >= 0.6 is 0 Å². The molecule has 0 unspecified atom stereocenters. The summed E-state index contributed by atoms with van der Waals surface area (Å²) in [4.78, 5) is 26.2. The van der Waals surface area contributed by atoms with Crippen molar-refractivity contribution in [1.82, 2.24) is 9.47 Å². The number of hydrogen-bond donors (Lipinski definition) is 1. The first kappa shape index (κ1) is 20.1. The molecule has 1 aliphatic rings. The van der Waals surface area contributed by atoms with Crippen LogP contribution in [-0.4, -0.2) is 42.7 Å². The third kappa shape index (κ3) is 3.56. The Bertz CT molecular complexity index is 1030. The molecule has 7 nitrogen and oxygen atoms in total. The average Bonchev–Trinajstić information content (AvgIpc) is 3.25. The molecule has 1 fully saturated rings. The summed E-state index contributed by atoms with van der Waals surface area (Å²) in [5.74, 6) is -0.339. The topological polar surface area (TPSA) is 88.5 Å². The van der Waals surface area contributed by atoms with Crippen LogP contribution in [0.2, 0.25) is 0 Å². The Labute approximate surface area is 165 Å². The lowest BCUT2D eigenvalue weighted by Crippen LogP contribution is -2.30. The molecule has 0 saturated carbocycles. The van der Waals surface area contributed by atoms with Gasteiger partial charge < -0.3 is 9.47 Å². The number of ketones is 1. The Balaban J connectivity index is 2.02. The number of amides is 1. The Morgan fingerprint density at radius 3 is 2.11 bits per heavy atom. The number of anilines is 1. The van der Waals surface area contributed by atoms with Gasteiger partial charge in [-0.05, 0) is 57.9 Å². The van der Waals surface area contributed by atoms with E-state index in [1.165, 1.54) is 6.92 Å². The van der Waals surface area contributed by atoms with Gasteiger partial charge in [0.15, 0.2) is 5.78 Å². The zero-order valence-electron chi connectivity index (χ0n) is 16.6. The molecule has 28 heavy (non-hydrogen) atoms. The second kappa shape index (κ2) is 7.43. The normalized spacial score (nSPS) is 14.4. The monoisotopic (exact) mass is 403 g/mol. The van der Waals surface area contributed by atoms with Crippen molar-refractivity contribution in [3.8, 4) is 0 Å². The first-order valence-electron chi connectivity index (χ1n) is 9.22. The summed E-state index contributed by atoms with van der Waals surface area (Å²) < 4.78 is 30.6. The molecule has 2 aromatic rings. The molecule has 2 heterocycles. The van der Waals surface area contributed by atoms with Gasteiger partial charge in [0.05, 0.1) is 5.56 Å². The number of carbonyl (C=O) groups is 2. The number of benzene rings is 1. The van der Waals surface area contributed by atoms with E-state index in [0.717, 1.165) is 12.8 Å². The number of hydrogen-bond acceptors (Lipinski definition) is 4. The van der Waals surface area contributed by atoms with E-state index in [1.807, 2.05) is 0 Å². The molecular formula is C20H25N3O4S. The minimum Gasteiger partial charge on any atom is -0.350 e. The maximum Gasteiger partial charge on any atom is 0.264 e. The summed E-state index contributed by atoms with van der Waals surface area (Å²) in [6.45, 7) is 6.20. The molecule has 0 bridgehead atoms. The smallest absolute Gasteiger partial charge is 0.264 e. The van der Waals surface area contributed by atoms with E-state index in [0.29, 0.717) is 35.7 Å². The van der Waals surface area contributed by atoms with Crippen LogP contribution in [0.3, 0.4) is 0 Å². The lowest BCUT2D eigenvalue weighted by Gasteiger charge is -2.17. The van der Waals surface area contributed by atoms with Crippen LogP contribution in [0.1, 0.15) is 51.9 Å². The second-order valence-electron chi connectivity index (χ2n) is 7.17. The van der Waals surface area contributed by atoms with E-state index in [1.54, 1.807) is 54.6 Å². The molecule has 1 aromatic heterocycles. The van der Waals surface area contributed by atoms with E-state index in [-0.39, 0.29) is 22.1 Å². The number of rotatable bonds is 5. The summed E-state index contributed by atoms with van der Waals surface area (Å²) >= 11 is 0. The fraction of sp³-hybridized carbons (Fsp3) is 0.400. The van der Waals surface area contributed by atoms with Crippen LogP contribution in [0.25, 0.3) is 0 Å². The van der Waals surface area contributed by atoms with Crippen LogP contribution in [0.15, 0.2) is 29.2 Å². The molecule has 1 N–H and O–H groups in total. The van der Waals surface area contributed by atoms with Crippen molar-refractivity contribution in [2.24, 2.45) is 7.05 Å². The number of Topliss-reactive ketones (excluding diaryl/α,β-unsaturated/α-hetero) is 1. The molecular weight excluding hydrogens is 378 g/mol. The Hall–Kier alpha value is -2.61. The van der Waals surface area contributed by atoms with Crippen molar-refractivity contribution in [1.29, 1.82) is 0 Å². The van der Waals surface area contributed by atoms with Crippen LogP contribution in [0.4, 0.5) is 5.69 Å². The van der Waals surface area contributed by atoms with Gasteiger partial charge >= 0.3 is 0 Å².